The summed E-state index contributed by atoms with van der Waals surface area (Å²) in [6.07, 6.45) is 1.51. The lowest BCUT2D eigenvalue weighted by Crippen LogP contribution is -2.40. The van der Waals surface area contributed by atoms with Crippen molar-refractivity contribution >= 4 is 12.4 Å². The Morgan fingerprint density at radius 3 is 2.38 bits per heavy atom. The van der Waals surface area contributed by atoms with Gasteiger partial charge in [0, 0.05) is 12.5 Å². The van der Waals surface area contributed by atoms with Gasteiger partial charge in [0.15, 0.2) is 0 Å². The summed E-state index contributed by atoms with van der Waals surface area (Å²) in [7, 11) is 0. The molecular formula is C10H21ClFN. The lowest BCUT2D eigenvalue weighted by Gasteiger charge is -2.33. The molecule has 1 heterocycles. The summed E-state index contributed by atoms with van der Waals surface area (Å²) in [5, 5.41) is 3.25. The van der Waals surface area contributed by atoms with Crippen molar-refractivity contribution < 1.29 is 4.39 Å². The van der Waals surface area contributed by atoms with E-state index >= 15 is 0 Å². The van der Waals surface area contributed by atoms with Crippen molar-refractivity contribution in [2.75, 3.05) is 13.1 Å². The molecule has 1 N–H and O–H groups in total. The van der Waals surface area contributed by atoms with Crippen LogP contribution in [0.4, 0.5) is 4.39 Å². The molecular weight excluding hydrogens is 189 g/mol. The number of halogens is 2. The fourth-order valence-corrected chi connectivity index (χ4v) is 1.84. The number of hydrogen-bond acceptors (Lipinski definition) is 1. The fraction of sp³-hybridized carbons (Fsp3) is 1.00. The zero-order chi connectivity index (χ0) is 9.19. The largest absolute Gasteiger partial charge is 0.316 e. The van der Waals surface area contributed by atoms with Crippen LogP contribution >= 0.6 is 12.4 Å². The first-order valence-corrected chi connectivity index (χ1v) is 4.86. The summed E-state index contributed by atoms with van der Waals surface area (Å²) in [5.74, 6) is 0.235. The molecule has 13 heavy (non-hydrogen) atoms. The molecule has 0 spiro atoms. The summed E-state index contributed by atoms with van der Waals surface area (Å²) in [6.45, 7) is 7.86. The minimum absolute atomic E-state index is 0. The molecule has 80 valence electrons. The van der Waals surface area contributed by atoms with Crippen molar-refractivity contribution in [1.29, 1.82) is 0 Å². The van der Waals surface area contributed by atoms with Crippen LogP contribution in [0.2, 0.25) is 0 Å². The van der Waals surface area contributed by atoms with E-state index in [1.165, 1.54) is 0 Å². The van der Waals surface area contributed by atoms with E-state index in [9.17, 15) is 4.39 Å². The highest BCUT2D eigenvalue weighted by molar-refractivity contribution is 5.85. The molecule has 1 aliphatic rings. The smallest absolute Gasteiger partial charge is 0.109 e. The third kappa shape index (κ3) is 3.82. The average molecular weight is 210 g/mol. The van der Waals surface area contributed by atoms with Crippen molar-refractivity contribution in [3.8, 4) is 0 Å². The molecule has 0 radical (unpaired) electrons. The number of piperidine rings is 1. The number of alkyl halides is 1. The van der Waals surface area contributed by atoms with Gasteiger partial charge in [-0.05, 0) is 24.8 Å². The number of nitrogens with one attached hydrogen (secondary N) is 1. The van der Waals surface area contributed by atoms with Crippen molar-refractivity contribution in [2.45, 2.75) is 39.8 Å². The van der Waals surface area contributed by atoms with Gasteiger partial charge in [0.05, 0.1) is 0 Å². The van der Waals surface area contributed by atoms with Crippen molar-refractivity contribution in [3.63, 3.8) is 0 Å². The van der Waals surface area contributed by atoms with Gasteiger partial charge < -0.3 is 5.32 Å². The normalized spacial score (nSPS) is 26.3. The number of rotatable bonds is 1. The predicted octanol–water partition coefficient (Wildman–Crippen LogP) is 2.79. The van der Waals surface area contributed by atoms with Crippen LogP contribution in [0, 0.1) is 11.3 Å². The molecule has 1 nitrogen and oxygen atoms in total. The van der Waals surface area contributed by atoms with Crippen LogP contribution < -0.4 is 5.32 Å². The standard InChI is InChI=1S/C10H20FN.ClH/c1-10(2,3)9(11)8-5-4-6-12-7-8;/h8-9,12H,4-7H2,1-3H3;1H. The van der Waals surface area contributed by atoms with Gasteiger partial charge in [-0.3, -0.25) is 0 Å². The van der Waals surface area contributed by atoms with Gasteiger partial charge >= 0.3 is 0 Å². The Bertz CT molecular complexity index is 138. The third-order valence-corrected chi connectivity index (χ3v) is 2.58. The minimum atomic E-state index is -0.662. The highest BCUT2D eigenvalue weighted by Gasteiger charge is 2.32. The molecule has 2 atom stereocenters. The molecule has 1 aliphatic heterocycles. The summed E-state index contributed by atoms with van der Waals surface area (Å²) >= 11 is 0. The molecule has 0 bridgehead atoms. The Morgan fingerprint density at radius 1 is 1.38 bits per heavy atom. The van der Waals surface area contributed by atoms with Crippen LogP contribution in [-0.4, -0.2) is 19.3 Å². The Morgan fingerprint density at radius 2 is 2.00 bits per heavy atom. The monoisotopic (exact) mass is 209 g/mol. The van der Waals surface area contributed by atoms with E-state index in [1.54, 1.807) is 0 Å². The molecule has 0 aromatic heterocycles. The SMILES string of the molecule is CC(C)(C)C(F)C1CCCNC1.Cl. The lowest BCUT2D eigenvalue weighted by molar-refractivity contribution is 0.0823. The first-order chi connectivity index (χ1) is 5.52. The summed E-state index contributed by atoms with van der Waals surface area (Å²) in [4.78, 5) is 0. The van der Waals surface area contributed by atoms with Crippen molar-refractivity contribution in [3.05, 3.63) is 0 Å². The summed E-state index contributed by atoms with van der Waals surface area (Å²) in [5.41, 5.74) is -0.191. The Labute approximate surface area is 86.9 Å². The zero-order valence-electron chi connectivity index (χ0n) is 8.77. The average Bonchev–Trinajstić information content (AvgIpc) is 2.03. The molecule has 1 fully saturated rings. The van der Waals surface area contributed by atoms with Crippen LogP contribution in [0.15, 0.2) is 0 Å². The maximum Gasteiger partial charge on any atom is 0.109 e. The van der Waals surface area contributed by atoms with Crippen molar-refractivity contribution in [1.82, 2.24) is 5.32 Å². The Hall–Kier alpha value is 0.180. The van der Waals surface area contributed by atoms with Crippen LogP contribution in [0.5, 0.6) is 0 Å². The molecule has 0 aromatic rings. The van der Waals surface area contributed by atoms with Crippen LogP contribution in [-0.2, 0) is 0 Å². The van der Waals surface area contributed by atoms with E-state index in [0.717, 1.165) is 25.9 Å². The van der Waals surface area contributed by atoms with E-state index < -0.39 is 6.17 Å². The minimum Gasteiger partial charge on any atom is -0.316 e. The maximum absolute atomic E-state index is 13.8. The molecule has 2 unspecified atom stereocenters. The van der Waals surface area contributed by atoms with Gasteiger partial charge in [-0.25, -0.2) is 4.39 Å². The first-order valence-electron chi connectivity index (χ1n) is 4.86. The topological polar surface area (TPSA) is 12.0 Å². The second-order valence-corrected chi connectivity index (χ2v) is 4.87. The molecule has 0 saturated carbocycles. The van der Waals surface area contributed by atoms with Crippen LogP contribution in [0.25, 0.3) is 0 Å². The number of hydrogen-bond donors (Lipinski definition) is 1. The van der Waals surface area contributed by atoms with E-state index in [-0.39, 0.29) is 23.7 Å². The second kappa shape index (κ2) is 5.16. The highest BCUT2D eigenvalue weighted by Crippen LogP contribution is 2.31. The van der Waals surface area contributed by atoms with Crippen LogP contribution in [0.3, 0.4) is 0 Å². The predicted molar refractivity (Wildman–Crippen MR) is 57.2 cm³/mol. The van der Waals surface area contributed by atoms with E-state index in [0.29, 0.717) is 0 Å². The second-order valence-electron chi connectivity index (χ2n) is 4.87. The van der Waals surface area contributed by atoms with Gasteiger partial charge in [0.25, 0.3) is 0 Å². The van der Waals surface area contributed by atoms with Gasteiger partial charge in [-0.1, -0.05) is 20.8 Å². The van der Waals surface area contributed by atoms with Crippen LogP contribution in [0.1, 0.15) is 33.6 Å². The molecule has 3 heteroatoms. The molecule has 0 aromatic carbocycles. The molecule has 0 amide bonds. The van der Waals surface area contributed by atoms with Crippen molar-refractivity contribution in [2.24, 2.45) is 11.3 Å². The summed E-state index contributed by atoms with van der Waals surface area (Å²) < 4.78 is 13.8. The zero-order valence-corrected chi connectivity index (χ0v) is 9.59. The molecule has 1 rings (SSSR count). The Balaban J connectivity index is 0.00000144. The van der Waals surface area contributed by atoms with E-state index in [1.807, 2.05) is 20.8 Å². The third-order valence-electron chi connectivity index (χ3n) is 2.58. The van der Waals surface area contributed by atoms with Gasteiger partial charge in [0.1, 0.15) is 6.17 Å². The molecule has 1 saturated heterocycles. The fourth-order valence-electron chi connectivity index (χ4n) is 1.84. The van der Waals surface area contributed by atoms with Gasteiger partial charge in [-0.15, -0.1) is 12.4 Å². The van der Waals surface area contributed by atoms with E-state index in [4.69, 9.17) is 0 Å². The summed E-state index contributed by atoms with van der Waals surface area (Å²) in [6, 6.07) is 0. The lowest BCUT2D eigenvalue weighted by atomic mass is 9.79. The quantitative estimate of drug-likeness (QED) is 0.701. The Kier molecular flexibility index (Phi) is 5.23. The maximum atomic E-state index is 13.8. The van der Waals surface area contributed by atoms with E-state index in [2.05, 4.69) is 5.32 Å². The van der Waals surface area contributed by atoms with Gasteiger partial charge in [-0.2, -0.15) is 0 Å². The first kappa shape index (κ1) is 13.2. The van der Waals surface area contributed by atoms with Gasteiger partial charge in [0.2, 0.25) is 0 Å². The highest BCUT2D eigenvalue weighted by atomic mass is 35.5. The molecule has 0 aliphatic carbocycles.